The second kappa shape index (κ2) is 9.74. The van der Waals surface area contributed by atoms with E-state index in [1.807, 2.05) is 4.90 Å². The van der Waals surface area contributed by atoms with E-state index in [0.717, 1.165) is 12.8 Å². The molecule has 2 aromatic rings. The number of hydrogen-bond acceptors (Lipinski definition) is 6. The maximum atomic E-state index is 14.0. The minimum absolute atomic E-state index is 0.0364. The van der Waals surface area contributed by atoms with Crippen molar-refractivity contribution in [3.8, 4) is 0 Å². The van der Waals surface area contributed by atoms with Crippen LogP contribution in [0.15, 0.2) is 47.4 Å². The van der Waals surface area contributed by atoms with Crippen LogP contribution in [0, 0.1) is 21.8 Å². The van der Waals surface area contributed by atoms with Gasteiger partial charge in [-0.1, -0.05) is 25.1 Å². The third kappa shape index (κ3) is 5.18. The summed E-state index contributed by atoms with van der Waals surface area (Å²) >= 11 is 0. The van der Waals surface area contributed by atoms with Crippen LogP contribution in [0.5, 0.6) is 0 Å². The molecule has 0 atom stereocenters. The Kier molecular flexibility index (Phi) is 6.96. The molecule has 8 nitrogen and oxygen atoms in total. The number of piperazine rings is 1. The topological polar surface area (TPSA) is 87.0 Å². The molecule has 2 fully saturated rings. The van der Waals surface area contributed by atoms with Crippen molar-refractivity contribution >= 4 is 21.4 Å². The van der Waals surface area contributed by atoms with Gasteiger partial charge in [0.1, 0.15) is 11.5 Å². The molecule has 0 spiro atoms. The Morgan fingerprint density at radius 3 is 2.33 bits per heavy atom. The van der Waals surface area contributed by atoms with Crippen molar-refractivity contribution in [3.63, 3.8) is 0 Å². The molecule has 0 bridgehead atoms. The highest BCUT2D eigenvalue weighted by molar-refractivity contribution is 7.89. The van der Waals surface area contributed by atoms with Gasteiger partial charge in [0.25, 0.3) is 5.69 Å². The first-order valence-corrected chi connectivity index (χ1v) is 12.7. The maximum absolute atomic E-state index is 14.0. The van der Waals surface area contributed by atoms with Crippen LogP contribution in [0.1, 0.15) is 25.3 Å². The summed E-state index contributed by atoms with van der Waals surface area (Å²) in [7, 11) is -3.77. The number of rotatable bonds is 6. The lowest BCUT2D eigenvalue weighted by Crippen LogP contribution is -2.46. The van der Waals surface area contributed by atoms with Gasteiger partial charge in [-0.3, -0.25) is 15.0 Å². The molecule has 0 amide bonds. The molecule has 2 aromatic carbocycles. The summed E-state index contributed by atoms with van der Waals surface area (Å²) in [4.78, 5) is 15.3. The van der Waals surface area contributed by atoms with Crippen LogP contribution in [-0.2, 0) is 16.6 Å². The van der Waals surface area contributed by atoms with Gasteiger partial charge in [0.15, 0.2) is 0 Å². The Morgan fingerprint density at radius 1 is 1.03 bits per heavy atom. The smallest absolute Gasteiger partial charge is 0.293 e. The normalized spacial score (nSPS) is 19.0. The molecule has 2 aliphatic heterocycles. The fourth-order valence-electron chi connectivity index (χ4n) is 4.47. The number of sulfonamides is 1. The molecule has 0 N–H and O–H groups in total. The zero-order chi connectivity index (χ0) is 23.6. The molecule has 2 aliphatic rings. The molecule has 0 saturated carbocycles. The average molecular weight is 477 g/mol. The number of nitro groups is 1. The zero-order valence-electron chi connectivity index (χ0n) is 18.7. The van der Waals surface area contributed by atoms with Crippen LogP contribution in [-0.4, -0.2) is 61.8 Å². The Morgan fingerprint density at radius 2 is 1.70 bits per heavy atom. The second-order valence-electron chi connectivity index (χ2n) is 8.85. The SMILES string of the molecule is CC1CCN(S(=O)(=O)c2ccc(N3CCN(Cc4ccccc4F)CC3)c([N+](=O)[O-])c2)CC1. The number of nitrogens with zero attached hydrogens (tertiary/aromatic N) is 4. The predicted molar refractivity (Wildman–Crippen MR) is 124 cm³/mol. The van der Waals surface area contributed by atoms with Crippen molar-refractivity contribution in [2.45, 2.75) is 31.2 Å². The van der Waals surface area contributed by atoms with Crippen molar-refractivity contribution in [1.29, 1.82) is 0 Å². The summed E-state index contributed by atoms with van der Waals surface area (Å²) in [6.07, 6.45) is 1.58. The summed E-state index contributed by atoms with van der Waals surface area (Å²) in [5.74, 6) is 0.237. The first-order valence-electron chi connectivity index (χ1n) is 11.2. The van der Waals surface area contributed by atoms with Crippen LogP contribution in [0.3, 0.4) is 0 Å². The van der Waals surface area contributed by atoms with Gasteiger partial charge in [-0.15, -0.1) is 0 Å². The standard InChI is InChI=1S/C23H29FN4O4S/c1-18-8-10-27(11-9-18)33(31,32)20-6-7-22(23(16-20)28(29)30)26-14-12-25(13-15-26)17-19-4-2-3-5-21(19)24/h2-7,16,18H,8-15,17H2,1H3. The molecule has 2 heterocycles. The van der Waals surface area contributed by atoms with Gasteiger partial charge in [-0.25, -0.2) is 12.8 Å². The highest BCUT2D eigenvalue weighted by Gasteiger charge is 2.31. The molecule has 0 unspecified atom stereocenters. The van der Waals surface area contributed by atoms with E-state index in [1.165, 1.54) is 22.5 Å². The van der Waals surface area contributed by atoms with Gasteiger partial charge in [0.05, 0.1) is 9.82 Å². The summed E-state index contributed by atoms with van der Waals surface area (Å²) in [5.41, 5.74) is 0.833. The van der Waals surface area contributed by atoms with Gasteiger partial charge in [0, 0.05) is 57.4 Å². The second-order valence-corrected chi connectivity index (χ2v) is 10.8. The fourth-order valence-corrected chi connectivity index (χ4v) is 5.96. The molecule has 0 aliphatic carbocycles. The number of nitro benzene ring substituents is 1. The summed E-state index contributed by atoms with van der Waals surface area (Å²) in [6, 6.07) is 10.9. The molecule has 4 rings (SSSR count). The molecular weight excluding hydrogens is 447 g/mol. The third-order valence-corrected chi connectivity index (χ3v) is 8.48. The number of halogens is 1. The minimum atomic E-state index is -3.77. The van der Waals surface area contributed by atoms with Gasteiger partial charge in [-0.05, 0) is 37.0 Å². The molecule has 0 radical (unpaired) electrons. The van der Waals surface area contributed by atoms with Crippen LogP contribution in [0.4, 0.5) is 15.8 Å². The Labute approximate surface area is 193 Å². The zero-order valence-corrected chi connectivity index (χ0v) is 19.5. The van der Waals surface area contributed by atoms with Crippen LogP contribution >= 0.6 is 0 Å². The van der Waals surface area contributed by atoms with E-state index in [4.69, 9.17) is 0 Å². The third-order valence-electron chi connectivity index (χ3n) is 6.59. The van der Waals surface area contributed by atoms with Crippen molar-refractivity contribution < 1.29 is 17.7 Å². The van der Waals surface area contributed by atoms with Crippen LogP contribution in [0.25, 0.3) is 0 Å². The summed E-state index contributed by atoms with van der Waals surface area (Å²) < 4.78 is 41.5. The Hall–Kier alpha value is -2.56. The summed E-state index contributed by atoms with van der Waals surface area (Å²) in [6.45, 7) is 5.76. The first-order chi connectivity index (χ1) is 15.8. The largest absolute Gasteiger partial charge is 0.363 e. The van der Waals surface area contributed by atoms with Gasteiger partial charge in [-0.2, -0.15) is 4.31 Å². The van der Waals surface area contributed by atoms with Crippen molar-refractivity contribution in [1.82, 2.24) is 9.21 Å². The molecule has 0 aromatic heterocycles. The lowest BCUT2D eigenvalue weighted by molar-refractivity contribution is -0.384. The average Bonchev–Trinajstić information content (AvgIpc) is 2.81. The molecule has 10 heteroatoms. The Bertz CT molecular complexity index is 1110. The number of benzene rings is 2. The predicted octanol–water partition coefficient (Wildman–Crippen LogP) is 3.48. The monoisotopic (exact) mass is 476 g/mol. The van der Waals surface area contributed by atoms with E-state index >= 15 is 0 Å². The minimum Gasteiger partial charge on any atom is -0.363 e. The van der Waals surface area contributed by atoms with Crippen molar-refractivity contribution in [3.05, 3.63) is 64.0 Å². The van der Waals surface area contributed by atoms with E-state index in [9.17, 15) is 22.9 Å². The highest BCUT2D eigenvalue weighted by atomic mass is 32.2. The number of hydrogen-bond donors (Lipinski definition) is 0. The van der Waals surface area contributed by atoms with E-state index in [0.29, 0.717) is 63.0 Å². The molecule has 33 heavy (non-hydrogen) atoms. The molecule has 178 valence electrons. The lowest BCUT2D eigenvalue weighted by atomic mass is 10.0. The van der Waals surface area contributed by atoms with Crippen molar-refractivity contribution in [2.24, 2.45) is 5.92 Å². The van der Waals surface area contributed by atoms with Crippen LogP contribution < -0.4 is 4.90 Å². The molecular formula is C23H29FN4O4S. The van der Waals surface area contributed by atoms with E-state index in [-0.39, 0.29) is 16.4 Å². The van der Waals surface area contributed by atoms with Crippen molar-refractivity contribution in [2.75, 3.05) is 44.2 Å². The quantitative estimate of drug-likeness (QED) is 0.469. The first kappa shape index (κ1) is 23.6. The number of anilines is 1. The number of piperidine rings is 1. The maximum Gasteiger partial charge on any atom is 0.293 e. The van der Waals surface area contributed by atoms with Gasteiger partial charge >= 0.3 is 0 Å². The Balaban J connectivity index is 1.48. The van der Waals surface area contributed by atoms with Crippen LogP contribution in [0.2, 0.25) is 0 Å². The molecule has 2 saturated heterocycles. The summed E-state index contributed by atoms with van der Waals surface area (Å²) in [5, 5.41) is 11.8. The highest BCUT2D eigenvalue weighted by Crippen LogP contribution is 2.33. The van der Waals surface area contributed by atoms with E-state index in [1.54, 1.807) is 24.3 Å². The van der Waals surface area contributed by atoms with Gasteiger partial charge in [0.2, 0.25) is 10.0 Å². The van der Waals surface area contributed by atoms with E-state index in [2.05, 4.69) is 11.8 Å². The van der Waals surface area contributed by atoms with E-state index < -0.39 is 14.9 Å². The van der Waals surface area contributed by atoms with Gasteiger partial charge < -0.3 is 4.90 Å². The lowest BCUT2D eigenvalue weighted by Gasteiger charge is -2.36. The fraction of sp³-hybridized carbons (Fsp3) is 0.478.